The summed E-state index contributed by atoms with van der Waals surface area (Å²) in [5.41, 5.74) is 5.27. The Morgan fingerprint density at radius 1 is 1.18 bits per heavy atom. The van der Waals surface area contributed by atoms with Crippen LogP contribution in [-0.2, 0) is 0 Å². The fraction of sp³-hybridized carbons (Fsp3) is 0.125. The number of carbonyl (C=O) groups is 1. The van der Waals surface area contributed by atoms with Crippen molar-refractivity contribution in [3.05, 3.63) is 58.6 Å². The highest BCUT2D eigenvalue weighted by atomic mass is 35.5. The first-order chi connectivity index (χ1) is 10.5. The first kappa shape index (κ1) is 15.9. The lowest BCUT2D eigenvalue weighted by Crippen LogP contribution is -2.25. The smallest absolute Gasteiger partial charge is 0.339 e. The van der Waals surface area contributed by atoms with Gasteiger partial charge in [-0.25, -0.2) is 10.2 Å². The number of hydrogen-bond donors (Lipinski definition) is 3. The monoisotopic (exact) mass is 317 g/mol. The van der Waals surface area contributed by atoms with Gasteiger partial charge in [-0.15, -0.1) is 0 Å². The molecule has 0 bridgehead atoms. The minimum Gasteiger partial charge on any atom is -0.508 e. The van der Waals surface area contributed by atoms with Crippen molar-refractivity contribution in [3.8, 4) is 5.75 Å². The average molecular weight is 318 g/mol. The summed E-state index contributed by atoms with van der Waals surface area (Å²) < 4.78 is 0. The Labute approximate surface area is 133 Å². The number of hydrogen-bond acceptors (Lipinski definition) is 3. The summed E-state index contributed by atoms with van der Waals surface area (Å²) in [7, 11) is 0. The van der Waals surface area contributed by atoms with E-state index in [-0.39, 0.29) is 5.75 Å². The summed E-state index contributed by atoms with van der Waals surface area (Å²) in [5.74, 6) is 0.179. The van der Waals surface area contributed by atoms with Gasteiger partial charge in [0, 0.05) is 10.7 Å². The van der Waals surface area contributed by atoms with Crippen LogP contribution in [0.2, 0.25) is 5.02 Å². The number of nitrogens with one attached hydrogen (secondary N) is 2. The molecule has 0 aliphatic heterocycles. The Morgan fingerprint density at radius 3 is 2.55 bits per heavy atom. The van der Waals surface area contributed by atoms with Crippen LogP contribution in [0.5, 0.6) is 5.75 Å². The molecular formula is C16H16ClN3O2. The van der Waals surface area contributed by atoms with E-state index < -0.39 is 6.03 Å². The maximum Gasteiger partial charge on any atom is 0.339 e. The van der Waals surface area contributed by atoms with E-state index >= 15 is 0 Å². The number of amides is 2. The molecule has 3 N–H and O–H groups in total. The molecule has 0 fully saturated rings. The normalized spacial score (nSPS) is 11.1. The zero-order valence-electron chi connectivity index (χ0n) is 12.2. The third kappa shape index (κ3) is 3.99. The predicted molar refractivity (Wildman–Crippen MR) is 88.7 cm³/mol. The minimum atomic E-state index is -0.455. The van der Waals surface area contributed by atoms with Crippen molar-refractivity contribution in [3.63, 3.8) is 0 Å². The SMILES string of the molecule is C/C(=N\NC(=O)Nc1cccc(Cl)c1C)c1ccc(O)cc1. The summed E-state index contributed by atoms with van der Waals surface area (Å²) in [6, 6.07) is 11.4. The summed E-state index contributed by atoms with van der Waals surface area (Å²) in [6.07, 6.45) is 0. The number of rotatable bonds is 3. The van der Waals surface area contributed by atoms with E-state index in [1.54, 1.807) is 49.4 Å². The number of carbonyl (C=O) groups excluding carboxylic acids is 1. The molecule has 0 saturated carbocycles. The third-order valence-electron chi connectivity index (χ3n) is 3.13. The molecule has 0 unspecified atom stereocenters. The van der Waals surface area contributed by atoms with Crippen LogP contribution in [-0.4, -0.2) is 16.8 Å². The summed E-state index contributed by atoms with van der Waals surface area (Å²) in [6.45, 7) is 3.58. The fourth-order valence-corrected chi connectivity index (χ4v) is 1.97. The number of phenols is 1. The molecule has 2 amide bonds. The molecule has 114 valence electrons. The third-order valence-corrected chi connectivity index (χ3v) is 3.54. The van der Waals surface area contributed by atoms with Crippen molar-refractivity contribution in [1.29, 1.82) is 0 Å². The number of anilines is 1. The Bertz CT molecular complexity index is 712. The second kappa shape index (κ2) is 6.95. The quantitative estimate of drug-likeness (QED) is 0.593. The van der Waals surface area contributed by atoms with E-state index in [1.807, 2.05) is 6.92 Å². The van der Waals surface area contributed by atoms with Gasteiger partial charge in [-0.05, 0) is 61.4 Å². The van der Waals surface area contributed by atoms with Crippen molar-refractivity contribution in [2.75, 3.05) is 5.32 Å². The first-order valence-corrected chi connectivity index (χ1v) is 7.01. The Morgan fingerprint density at radius 2 is 1.86 bits per heavy atom. The lowest BCUT2D eigenvalue weighted by atomic mass is 10.1. The molecule has 2 aromatic carbocycles. The summed E-state index contributed by atoms with van der Waals surface area (Å²) in [4.78, 5) is 11.9. The lowest BCUT2D eigenvalue weighted by molar-refractivity contribution is 0.252. The Hall–Kier alpha value is -2.53. The molecule has 0 spiro atoms. The van der Waals surface area contributed by atoms with Gasteiger partial charge in [0.05, 0.1) is 5.71 Å². The van der Waals surface area contributed by atoms with Crippen LogP contribution in [0.1, 0.15) is 18.1 Å². The molecule has 0 aliphatic rings. The van der Waals surface area contributed by atoms with Gasteiger partial charge in [0.2, 0.25) is 0 Å². The van der Waals surface area contributed by atoms with Gasteiger partial charge in [0.1, 0.15) is 5.75 Å². The van der Waals surface area contributed by atoms with Crippen molar-refractivity contribution in [2.24, 2.45) is 5.10 Å². The highest BCUT2D eigenvalue weighted by Gasteiger charge is 2.06. The van der Waals surface area contributed by atoms with Crippen molar-refractivity contribution < 1.29 is 9.90 Å². The number of urea groups is 1. The van der Waals surface area contributed by atoms with E-state index in [1.165, 1.54) is 0 Å². The lowest BCUT2D eigenvalue weighted by Gasteiger charge is -2.09. The highest BCUT2D eigenvalue weighted by Crippen LogP contribution is 2.22. The standard InChI is InChI=1S/C16H16ClN3O2/c1-10-14(17)4-3-5-15(10)18-16(22)20-19-11(2)12-6-8-13(21)9-7-12/h3-9,21H,1-2H3,(H2,18,20,22)/b19-11+. The van der Waals surface area contributed by atoms with Gasteiger partial charge < -0.3 is 10.4 Å². The maximum atomic E-state index is 11.9. The van der Waals surface area contributed by atoms with Crippen molar-refractivity contribution in [1.82, 2.24) is 5.43 Å². The van der Waals surface area contributed by atoms with Gasteiger partial charge in [0.25, 0.3) is 0 Å². The van der Waals surface area contributed by atoms with Gasteiger partial charge in [-0.1, -0.05) is 17.7 Å². The summed E-state index contributed by atoms with van der Waals surface area (Å²) >= 11 is 6.00. The van der Waals surface area contributed by atoms with E-state index in [2.05, 4.69) is 15.8 Å². The molecule has 0 atom stereocenters. The molecule has 0 aromatic heterocycles. The molecule has 6 heteroatoms. The number of hydrazone groups is 1. The molecule has 22 heavy (non-hydrogen) atoms. The van der Waals surface area contributed by atoms with Gasteiger partial charge in [-0.3, -0.25) is 0 Å². The van der Waals surface area contributed by atoms with Crippen LogP contribution in [0.15, 0.2) is 47.6 Å². The van der Waals surface area contributed by atoms with E-state index in [0.717, 1.165) is 11.1 Å². The van der Waals surface area contributed by atoms with E-state index in [0.29, 0.717) is 16.4 Å². The number of nitrogens with zero attached hydrogens (tertiary/aromatic N) is 1. The fourth-order valence-electron chi connectivity index (χ4n) is 1.79. The topological polar surface area (TPSA) is 73.7 Å². The zero-order chi connectivity index (χ0) is 16.1. The maximum absolute atomic E-state index is 11.9. The average Bonchev–Trinajstić information content (AvgIpc) is 2.50. The van der Waals surface area contributed by atoms with E-state index in [4.69, 9.17) is 11.6 Å². The van der Waals surface area contributed by atoms with Crippen molar-refractivity contribution in [2.45, 2.75) is 13.8 Å². The second-order valence-corrected chi connectivity index (χ2v) is 5.13. The molecule has 0 aliphatic carbocycles. The Kier molecular flexibility index (Phi) is 5.01. The molecule has 2 rings (SSSR count). The molecule has 0 radical (unpaired) electrons. The van der Waals surface area contributed by atoms with Crippen LogP contribution >= 0.6 is 11.6 Å². The van der Waals surface area contributed by atoms with Crippen molar-refractivity contribution >= 4 is 29.0 Å². The minimum absolute atomic E-state index is 0.179. The number of aromatic hydroxyl groups is 1. The van der Waals surface area contributed by atoms with Crippen LogP contribution in [0, 0.1) is 6.92 Å². The number of phenolic OH excluding ortho intramolecular Hbond substituents is 1. The van der Waals surface area contributed by atoms with E-state index in [9.17, 15) is 9.90 Å². The van der Waals surface area contributed by atoms with Crippen LogP contribution in [0.3, 0.4) is 0 Å². The van der Waals surface area contributed by atoms with Crippen LogP contribution in [0.4, 0.5) is 10.5 Å². The van der Waals surface area contributed by atoms with Gasteiger partial charge in [0.15, 0.2) is 0 Å². The van der Waals surface area contributed by atoms with Gasteiger partial charge >= 0.3 is 6.03 Å². The molecule has 0 saturated heterocycles. The highest BCUT2D eigenvalue weighted by molar-refractivity contribution is 6.31. The summed E-state index contributed by atoms with van der Waals surface area (Å²) in [5, 5.41) is 16.5. The second-order valence-electron chi connectivity index (χ2n) is 4.72. The molecule has 5 nitrogen and oxygen atoms in total. The predicted octanol–water partition coefficient (Wildman–Crippen LogP) is 3.90. The molecule has 2 aromatic rings. The zero-order valence-corrected chi connectivity index (χ0v) is 13.0. The van der Waals surface area contributed by atoms with Gasteiger partial charge in [-0.2, -0.15) is 5.10 Å². The molecule has 0 heterocycles. The largest absolute Gasteiger partial charge is 0.508 e. The Balaban J connectivity index is 2.01. The van der Waals surface area contributed by atoms with Crippen LogP contribution in [0.25, 0.3) is 0 Å². The number of halogens is 1. The first-order valence-electron chi connectivity index (χ1n) is 6.63. The van der Waals surface area contributed by atoms with Crippen LogP contribution < -0.4 is 10.7 Å². The molecular weight excluding hydrogens is 302 g/mol. The number of benzene rings is 2.